The highest BCUT2D eigenvalue weighted by Gasteiger charge is 2.14. The molecule has 3 heteroatoms. The maximum absolute atomic E-state index is 4.14. The highest BCUT2D eigenvalue weighted by molar-refractivity contribution is 5.45. The number of nitrogens with one attached hydrogen (secondary N) is 1. The summed E-state index contributed by atoms with van der Waals surface area (Å²) < 4.78 is 1.89. The third-order valence-corrected chi connectivity index (χ3v) is 3.01. The molecule has 2 atom stereocenters. The second-order valence-corrected chi connectivity index (χ2v) is 4.34. The van der Waals surface area contributed by atoms with Gasteiger partial charge in [0.05, 0.1) is 5.69 Å². The van der Waals surface area contributed by atoms with Crippen molar-refractivity contribution < 1.29 is 0 Å². The molecule has 1 aliphatic rings. The summed E-state index contributed by atoms with van der Waals surface area (Å²) in [5.74, 6) is 0. The first-order valence-corrected chi connectivity index (χ1v) is 5.68. The van der Waals surface area contributed by atoms with Gasteiger partial charge in [-0.1, -0.05) is 12.5 Å². The van der Waals surface area contributed by atoms with Gasteiger partial charge in [0.15, 0.2) is 0 Å². The topological polar surface area (TPSA) is 29.9 Å². The van der Waals surface area contributed by atoms with Crippen molar-refractivity contribution in [1.29, 1.82) is 0 Å². The Morgan fingerprint density at radius 1 is 1.53 bits per heavy atom. The molecule has 2 rings (SSSR count). The summed E-state index contributed by atoms with van der Waals surface area (Å²) in [5, 5.41) is 7.72. The first-order chi connectivity index (χ1) is 7.25. The number of aryl methyl sites for hydroxylation is 1. The van der Waals surface area contributed by atoms with Crippen LogP contribution in [0.15, 0.2) is 18.3 Å². The van der Waals surface area contributed by atoms with Crippen molar-refractivity contribution in [3.8, 4) is 0 Å². The number of hydrogen-bond acceptors (Lipinski definition) is 2. The molecule has 2 heterocycles. The summed E-state index contributed by atoms with van der Waals surface area (Å²) in [5.41, 5.74) is 1.16. The standard InChI is InChI=1S/C12H19N3/c1-10-4-3-5-11(14-10)6-7-12-8-9-13-15(12)2/h6-11,14H,3-5H2,1-2H3/b7-6+. The lowest BCUT2D eigenvalue weighted by atomic mass is 9.99. The van der Waals surface area contributed by atoms with Gasteiger partial charge in [0.25, 0.3) is 0 Å². The number of aromatic nitrogens is 2. The zero-order valence-corrected chi connectivity index (χ0v) is 9.48. The van der Waals surface area contributed by atoms with E-state index in [0.29, 0.717) is 12.1 Å². The molecule has 1 saturated heterocycles. The Balaban J connectivity index is 1.96. The maximum Gasteiger partial charge on any atom is 0.0603 e. The molecule has 1 N–H and O–H groups in total. The lowest BCUT2D eigenvalue weighted by Crippen LogP contribution is -2.39. The van der Waals surface area contributed by atoms with E-state index in [2.05, 4.69) is 29.5 Å². The minimum Gasteiger partial charge on any atom is -0.308 e. The lowest BCUT2D eigenvalue weighted by Gasteiger charge is -2.26. The highest BCUT2D eigenvalue weighted by Crippen LogP contribution is 2.14. The molecule has 0 spiro atoms. The van der Waals surface area contributed by atoms with Crippen LogP contribution in [0.2, 0.25) is 0 Å². The smallest absolute Gasteiger partial charge is 0.0603 e. The van der Waals surface area contributed by atoms with Crippen LogP contribution in [0, 0.1) is 0 Å². The number of rotatable bonds is 2. The van der Waals surface area contributed by atoms with Crippen LogP contribution in [0.5, 0.6) is 0 Å². The van der Waals surface area contributed by atoms with Gasteiger partial charge in [-0.15, -0.1) is 0 Å². The summed E-state index contributed by atoms with van der Waals surface area (Å²) in [6.45, 7) is 2.25. The summed E-state index contributed by atoms with van der Waals surface area (Å²) in [6, 6.07) is 3.21. The quantitative estimate of drug-likeness (QED) is 0.800. The van der Waals surface area contributed by atoms with Gasteiger partial charge >= 0.3 is 0 Å². The maximum atomic E-state index is 4.14. The van der Waals surface area contributed by atoms with Crippen molar-refractivity contribution in [1.82, 2.24) is 15.1 Å². The average molecular weight is 205 g/mol. The van der Waals surface area contributed by atoms with Gasteiger partial charge in [0.1, 0.15) is 0 Å². The zero-order valence-electron chi connectivity index (χ0n) is 9.48. The van der Waals surface area contributed by atoms with Gasteiger partial charge in [-0.3, -0.25) is 4.68 Å². The minimum absolute atomic E-state index is 0.531. The first kappa shape index (κ1) is 10.4. The Labute approximate surface area is 91.2 Å². The summed E-state index contributed by atoms with van der Waals surface area (Å²) >= 11 is 0. The van der Waals surface area contributed by atoms with E-state index < -0.39 is 0 Å². The second kappa shape index (κ2) is 4.62. The van der Waals surface area contributed by atoms with Gasteiger partial charge in [-0.25, -0.2) is 0 Å². The van der Waals surface area contributed by atoms with Crippen molar-refractivity contribution in [2.75, 3.05) is 0 Å². The van der Waals surface area contributed by atoms with E-state index in [1.807, 2.05) is 24.0 Å². The lowest BCUT2D eigenvalue weighted by molar-refractivity contribution is 0.375. The third kappa shape index (κ3) is 2.69. The molecule has 2 unspecified atom stereocenters. The highest BCUT2D eigenvalue weighted by atomic mass is 15.2. The fourth-order valence-corrected chi connectivity index (χ4v) is 2.09. The Morgan fingerprint density at radius 3 is 3.07 bits per heavy atom. The molecular formula is C12H19N3. The van der Waals surface area contributed by atoms with Crippen molar-refractivity contribution >= 4 is 6.08 Å². The van der Waals surface area contributed by atoms with E-state index in [1.54, 1.807) is 0 Å². The normalized spacial score (nSPS) is 27.3. The molecule has 0 amide bonds. The molecule has 0 aliphatic carbocycles. The van der Waals surface area contributed by atoms with E-state index in [9.17, 15) is 0 Å². The molecule has 15 heavy (non-hydrogen) atoms. The van der Waals surface area contributed by atoms with Crippen LogP contribution in [0.3, 0.4) is 0 Å². The third-order valence-electron chi connectivity index (χ3n) is 3.01. The summed E-state index contributed by atoms with van der Waals surface area (Å²) in [7, 11) is 1.97. The largest absolute Gasteiger partial charge is 0.308 e. The Kier molecular flexibility index (Phi) is 3.21. The molecule has 0 bridgehead atoms. The number of nitrogens with zero attached hydrogens (tertiary/aromatic N) is 2. The van der Waals surface area contributed by atoms with Crippen LogP contribution in [-0.2, 0) is 7.05 Å². The average Bonchev–Trinajstić information content (AvgIpc) is 2.61. The van der Waals surface area contributed by atoms with Crippen LogP contribution in [0.25, 0.3) is 6.08 Å². The van der Waals surface area contributed by atoms with Gasteiger partial charge in [-0.2, -0.15) is 5.10 Å². The van der Waals surface area contributed by atoms with Crippen LogP contribution in [0.1, 0.15) is 31.9 Å². The molecule has 1 aromatic heterocycles. The summed E-state index contributed by atoms with van der Waals surface area (Å²) in [4.78, 5) is 0. The zero-order chi connectivity index (χ0) is 10.7. The Bertz CT molecular complexity index is 340. The first-order valence-electron chi connectivity index (χ1n) is 5.68. The molecule has 82 valence electrons. The fraction of sp³-hybridized carbons (Fsp3) is 0.583. The predicted molar refractivity (Wildman–Crippen MR) is 62.5 cm³/mol. The van der Waals surface area contributed by atoms with E-state index in [4.69, 9.17) is 0 Å². The monoisotopic (exact) mass is 205 g/mol. The van der Waals surface area contributed by atoms with Crippen LogP contribution >= 0.6 is 0 Å². The van der Waals surface area contributed by atoms with Crippen molar-refractivity contribution in [3.63, 3.8) is 0 Å². The van der Waals surface area contributed by atoms with Crippen molar-refractivity contribution in [2.24, 2.45) is 7.05 Å². The molecule has 3 nitrogen and oxygen atoms in total. The molecule has 1 aliphatic heterocycles. The Hall–Kier alpha value is -1.09. The van der Waals surface area contributed by atoms with Crippen LogP contribution in [0.4, 0.5) is 0 Å². The van der Waals surface area contributed by atoms with E-state index in [1.165, 1.54) is 19.3 Å². The van der Waals surface area contributed by atoms with Gasteiger partial charge in [0.2, 0.25) is 0 Å². The number of piperidine rings is 1. The van der Waals surface area contributed by atoms with Gasteiger partial charge in [0, 0.05) is 25.3 Å². The molecule has 0 saturated carbocycles. The van der Waals surface area contributed by atoms with Gasteiger partial charge < -0.3 is 5.32 Å². The fourth-order valence-electron chi connectivity index (χ4n) is 2.09. The second-order valence-electron chi connectivity index (χ2n) is 4.34. The molecule has 0 aromatic carbocycles. The van der Waals surface area contributed by atoms with Crippen molar-refractivity contribution in [3.05, 3.63) is 24.0 Å². The van der Waals surface area contributed by atoms with E-state index >= 15 is 0 Å². The van der Waals surface area contributed by atoms with Crippen LogP contribution in [-0.4, -0.2) is 21.9 Å². The summed E-state index contributed by atoms with van der Waals surface area (Å²) in [6.07, 6.45) is 10.1. The predicted octanol–water partition coefficient (Wildman–Crippen LogP) is 1.96. The molecular weight excluding hydrogens is 186 g/mol. The van der Waals surface area contributed by atoms with Crippen molar-refractivity contribution in [2.45, 2.75) is 38.3 Å². The van der Waals surface area contributed by atoms with Crippen LogP contribution < -0.4 is 5.32 Å². The van der Waals surface area contributed by atoms with Gasteiger partial charge in [-0.05, 0) is 31.9 Å². The number of hydrogen-bond donors (Lipinski definition) is 1. The Morgan fingerprint density at radius 2 is 2.40 bits per heavy atom. The molecule has 1 fully saturated rings. The van der Waals surface area contributed by atoms with E-state index in [-0.39, 0.29) is 0 Å². The molecule has 1 aromatic rings. The van der Waals surface area contributed by atoms with E-state index in [0.717, 1.165) is 5.69 Å². The SMILES string of the molecule is CC1CCCC(/C=C/c2ccnn2C)N1. The minimum atomic E-state index is 0.531. The molecule has 0 radical (unpaired) electrons.